The first-order chi connectivity index (χ1) is 6.33. The highest BCUT2D eigenvalue weighted by Gasteiger charge is 1.96. The number of nitrogens with two attached hydrogens (primary N) is 1. The minimum atomic E-state index is 0.357. The first kappa shape index (κ1) is 9.83. The van der Waals surface area contributed by atoms with E-state index in [1.165, 1.54) is 19.3 Å². The molecule has 0 radical (unpaired) electrons. The minimum absolute atomic E-state index is 0.357. The van der Waals surface area contributed by atoms with Crippen LogP contribution in [-0.4, -0.2) is 21.7 Å². The fourth-order valence-corrected chi connectivity index (χ4v) is 1.11. The van der Waals surface area contributed by atoms with Crippen LogP contribution < -0.4 is 11.1 Å². The molecule has 74 valence electrons. The van der Waals surface area contributed by atoms with E-state index in [1.807, 2.05) is 0 Å². The summed E-state index contributed by atoms with van der Waals surface area (Å²) in [6.45, 7) is 3.11. The standard InChI is InChI=1S/C8H17N5/c1-2-3-4-5-6-10-8-11-7(9)12-13-8/h2-6H2,1H3,(H4,9,10,11,12,13). The number of nitrogens with one attached hydrogen (secondary N) is 2. The molecule has 1 rings (SSSR count). The summed E-state index contributed by atoms with van der Waals surface area (Å²) in [5.41, 5.74) is 5.36. The molecule has 13 heavy (non-hydrogen) atoms. The number of hydrogen-bond donors (Lipinski definition) is 3. The van der Waals surface area contributed by atoms with Crippen molar-refractivity contribution < 1.29 is 0 Å². The number of nitrogen functional groups attached to an aromatic ring is 1. The summed E-state index contributed by atoms with van der Waals surface area (Å²) in [4.78, 5) is 3.93. The molecule has 0 fully saturated rings. The van der Waals surface area contributed by atoms with E-state index in [9.17, 15) is 0 Å². The molecule has 0 aliphatic rings. The van der Waals surface area contributed by atoms with Crippen molar-refractivity contribution in [2.45, 2.75) is 32.6 Å². The Balaban J connectivity index is 2.06. The molecule has 0 unspecified atom stereocenters. The molecule has 4 N–H and O–H groups in total. The average molecular weight is 183 g/mol. The summed E-state index contributed by atoms with van der Waals surface area (Å²) < 4.78 is 0. The number of unbranched alkanes of at least 4 members (excludes halogenated alkanes) is 3. The molecule has 0 amide bonds. The highest BCUT2D eigenvalue weighted by molar-refractivity contribution is 5.29. The van der Waals surface area contributed by atoms with Crippen LogP contribution in [0.5, 0.6) is 0 Å². The van der Waals surface area contributed by atoms with Crippen LogP contribution in [0.1, 0.15) is 32.6 Å². The van der Waals surface area contributed by atoms with Gasteiger partial charge >= 0.3 is 0 Å². The number of anilines is 2. The molecule has 5 heteroatoms. The zero-order chi connectivity index (χ0) is 9.52. The second-order valence-electron chi connectivity index (χ2n) is 3.03. The van der Waals surface area contributed by atoms with Crippen molar-refractivity contribution in [2.24, 2.45) is 0 Å². The Kier molecular flexibility index (Phi) is 4.08. The van der Waals surface area contributed by atoms with Crippen molar-refractivity contribution >= 4 is 11.9 Å². The third-order valence-corrected chi connectivity index (χ3v) is 1.82. The van der Waals surface area contributed by atoms with E-state index in [0.717, 1.165) is 13.0 Å². The maximum atomic E-state index is 5.36. The molecule has 1 aromatic rings. The zero-order valence-corrected chi connectivity index (χ0v) is 8.01. The summed E-state index contributed by atoms with van der Waals surface area (Å²) in [5, 5.41) is 9.53. The molecule has 0 aromatic carbocycles. The zero-order valence-electron chi connectivity index (χ0n) is 8.01. The van der Waals surface area contributed by atoms with Crippen molar-refractivity contribution in [3.05, 3.63) is 0 Å². The van der Waals surface area contributed by atoms with E-state index in [0.29, 0.717) is 11.9 Å². The normalized spacial score (nSPS) is 10.2. The number of aromatic amines is 1. The minimum Gasteiger partial charge on any atom is -0.368 e. The van der Waals surface area contributed by atoms with Crippen molar-refractivity contribution in [1.82, 2.24) is 15.2 Å². The Hall–Kier alpha value is -1.26. The maximum Gasteiger partial charge on any atom is 0.243 e. The summed E-state index contributed by atoms with van der Waals surface area (Å²) in [6.07, 6.45) is 4.96. The van der Waals surface area contributed by atoms with Gasteiger partial charge in [-0.2, -0.15) is 4.98 Å². The van der Waals surface area contributed by atoms with Crippen LogP contribution in [0.25, 0.3) is 0 Å². The van der Waals surface area contributed by atoms with Gasteiger partial charge in [-0.25, -0.2) is 5.10 Å². The summed E-state index contributed by atoms with van der Waals surface area (Å²) >= 11 is 0. The lowest BCUT2D eigenvalue weighted by Crippen LogP contribution is -2.02. The van der Waals surface area contributed by atoms with Crippen molar-refractivity contribution in [1.29, 1.82) is 0 Å². The van der Waals surface area contributed by atoms with Gasteiger partial charge in [-0.3, -0.25) is 0 Å². The fraction of sp³-hybridized carbons (Fsp3) is 0.750. The largest absolute Gasteiger partial charge is 0.368 e. The Morgan fingerprint density at radius 1 is 1.38 bits per heavy atom. The molecule has 0 spiro atoms. The number of hydrogen-bond acceptors (Lipinski definition) is 4. The number of nitrogens with zero attached hydrogens (tertiary/aromatic N) is 2. The van der Waals surface area contributed by atoms with Gasteiger partial charge < -0.3 is 11.1 Å². The molecule has 0 atom stereocenters. The summed E-state index contributed by atoms with van der Waals surface area (Å²) in [5.74, 6) is 0.949. The third-order valence-electron chi connectivity index (χ3n) is 1.82. The van der Waals surface area contributed by atoms with Gasteiger partial charge in [0.15, 0.2) is 0 Å². The Morgan fingerprint density at radius 3 is 2.85 bits per heavy atom. The maximum absolute atomic E-state index is 5.36. The highest BCUT2D eigenvalue weighted by atomic mass is 15.3. The number of aromatic nitrogens is 3. The monoisotopic (exact) mass is 183 g/mol. The molecular formula is C8H17N5. The molecule has 0 aliphatic heterocycles. The molecule has 0 saturated carbocycles. The first-order valence-corrected chi connectivity index (χ1v) is 4.74. The molecule has 5 nitrogen and oxygen atoms in total. The van der Waals surface area contributed by atoms with Gasteiger partial charge in [0.25, 0.3) is 0 Å². The van der Waals surface area contributed by atoms with Crippen LogP contribution in [0.4, 0.5) is 11.9 Å². The van der Waals surface area contributed by atoms with E-state index in [-0.39, 0.29) is 0 Å². The van der Waals surface area contributed by atoms with Gasteiger partial charge in [-0.1, -0.05) is 26.2 Å². The third kappa shape index (κ3) is 3.78. The van der Waals surface area contributed by atoms with Crippen molar-refractivity contribution in [2.75, 3.05) is 17.6 Å². The summed E-state index contributed by atoms with van der Waals surface area (Å²) in [6, 6.07) is 0. The lowest BCUT2D eigenvalue weighted by atomic mass is 10.2. The second kappa shape index (κ2) is 5.40. The first-order valence-electron chi connectivity index (χ1n) is 4.74. The van der Waals surface area contributed by atoms with Gasteiger partial charge in [0.1, 0.15) is 0 Å². The predicted octanol–water partition coefficient (Wildman–Crippen LogP) is 1.38. The van der Waals surface area contributed by atoms with Gasteiger partial charge in [-0.15, -0.1) is 5.10 Å². The Labute approximate surface area is 78.1 Å². The van der Waals surface area contributed by atoms with Crippen LogP contribution in [-0.2, 0) is 0 Å². The fourth-order valence-electron chi connectivity index (χ4n) is 1.11. The van der Waals surface area contributed by atoms with Gasteiger partial charge in [0, 0.05) is 6.54 Å². The van der Waals surface area contributed by atoms with Crippen molar-refractivity contribution in [3.8, 4) is 0 Å². The Morgan fingerprint density at radius 2 is 2.23 bits per heavy atom. The van der Waals surface area contributed by atoms with Crippen LogP contribution in [0.15, 0.2) is 0 Å². The predicted molar refractivity (Wildman–Crippen MR) is 53.4 cm³/mol. The highest BCUT2D eigenvalue weighted by Crippen LogP contribution is 2.01. The van der Waals surface area contributed by atoms with E-state index in [1.54, 1.807) is 0 Å². The number of H-pyrrole nitrogens is 1. The van der Waals surface area contributed by atoms with Crippen molar-refractivity contribution in [3.63, 3.8) is 0 Å². The molecular weight excluding hydrogens is 166 g/mol. The second-order valence-corrected chi connectivity index (χ2v) is 3.03. The molecule has 1 aromatic heterocycles. The van der Waals surface area contributed by atoms with Gasteiger partial charge in [0.2, 0.25) is 11.9 Å². The topological polar surface area (TPSA) is 79.6 Å². The smallest absolute Gasteiger partial charge is 0.243 e. The molecule has 0 saturated heterocycles. The van der Waals surface area contributed by atoms with E-state index >= 15 is 0 Å². The number of rotatable bonds is 6. The molecule has 0 bridgehead atoms. The Bertz CT molecular complexity index is 232. The van der Waals surface area contributed by atoms with Crippen LogP contribution in [0.2, 0.25) is 0 Å². The van der Waals surface area contributed by atoms with Gasteiger partial charge in [-0.05, 0) is 6.42 Å². The SMILES string of the molecule is CCCCCCNc1n[nH]c(N)n1. The van der Waals surface area contributed by atoms with Gasteiger partial charge in [0.05, 0.1) is 0 Å². The molecule has 1 heterocycles. The quantitative estimate of drug-likeness (QED) is 0.582. The molecule has 0 aliphatic carbocycles. The van der Waals surface area contributed by atoms with Crippen LogP contribution >= 0.6 is 0 Å². The van der Waals surface area contributed by atoms with Crippen LogP contribution in [0.3, 0.4) is 0 Å². The van der Waals surface area contributed by atoms with E-state index in [4.69, 9.17) is 5.73 Å². The van der Waals surface area contributed by atoms with E-state index in [2.05, 4.69) is 27.4 Å². The van der Waals surface area contributed by atoms with Crippen LogP contribution in [0, 0.1) is 0 Å². The lowest BCUT2D eigenvalue weighted by Gasteiger charge is -1.99. The average Bonchev–Trinajstić information content (AvgIpc) is 2.51. The lowest BCUT2D eigenvalue weighted by molar-refractivity contribution is 0.683. The van der Waals surface area contributed by atoms with E-state index < -0.39 is 0 Å². The summed E-state index contributed by atoms with van der Waals surface area (Å²) in [7, 11) is 0.